The molecule has 0 saturated carbocycles. The lowest BCUT2D eigenvalue weighted by molar-refractivity contribution is -0.119. The minimum Gasteiger partial charge on any atom is -0.396 e. The van der Waals surface area contributed by atoms with Crippen LogP contribution in [0.4, 0.5) is 9.52 Å². The summed E-state index contributed by atoms with van der Waals surface area (Å²) in [6.45, 7) is 4.84. The number of aromatic nitrogens is 2. The lowest BCUT2D eigenvalue weighted by atomic mass is 9.85. The third-order valence-electron chi connectivity index (χ3n) is 4.02. The van der Waals surface area contributed by atoms with Gasteiger partial charge in [0.05, 0.1) is 0 Å². The Balaban J connectivity index is 1.84. The summed E-state index contributed by atoms with van der Waals surface area (Å²) in [6.07, 6.45) is 1.83. The monoisotopic (exact) mass is 365 g/mol. The molecule has 0 spiro atoms. The van der Waals surface area contributed by atoms with Crippen LogP contribution in [0.1, 0.15) is 44.5 Å². The smallest absolute Gasteiger partial charge is 0.202 e. The van der Waals surface area contributed by atoms with Crippen molar-refractivity contribution in [1.29, 1.82) is 0 Å². The number of aliphatic hydroxyl groups excluding tert-OH is 1. The number of hydrogen-bond acceptors (Lipinski definition) is 6. The van der Waals surface area contributed by atoms with Crippen LogP contribution in [-0.2, 0) is 16.6 Å². The van der Waals surface area contributed by atoms with Gasteiger partial charge in [0.25, 0.3) is 0 Å². The summed E-state index contributed by atoms with van der Waals surface area (Å²) in [5, 5.41) is 12.7. The molecule has 7 heteroatoms. The number of carbonyl (C=O) groups excluding carboxylic acids is 1. The number of nitrogens with one attached hydrogen (secondary N) is 1. The molecule has 136 valence electrons. The third kappa shape index (κ3) is 6.17. The van der Waals surface area contributed by atoms with Crippen molar-refractivity contribution in [3.63, 3.8) is 0 Å². The van der Waals surface area contributed by atoms with E-state index in [9.17, 15) is 9.18 Å². The van der Waals surface area contributed by atoms with E-state index in [2.05, 4.69) is 28.5 Å². The van der Waals surface area contributed by atoms with Crippen LogP contribution in [0.3, 0.4) is 0 Å². The highest BCUT2D eigenvalue weighted by molar-refractivity contribution is 7.09. The van der Waals surface area contributed by atoms with E-state index in [1.807, 2.05) is 0 Å². The van der Waals surface area contributed by atoms with Gasteiger partial charge in [0.2, 0.25) is 5.13 Å². The molecule has 2 rings (SSSR count). The molecule has 0 atom stereocenters. The molecule has 1 heterocycles. The third-order valence-corrected chi connectivity index (χ3v) is 4.73. The molecule has 0 saturated heterocycles. The van der Waals surface area contributed by atoms with Gasteiger partial charge in [-0.1, -0.05) is 26.0 Å². The van der Waals surface area contributed by atoms with Gasteiger partial charge >= 0.3 is 0 Å². The molecule has 0 fully saturated rings. The summed E-state index contributed by atoms with van der Waals surface area (Å²) < 4.78 is 17.3. The number of carbonyl (C=O) groups is 1. The minimum absolute atomic E-state index is 0.0403. The second-order valence-electron chi connectivity index (χ2n) is 6.63. The quantitative estimate of drug-likeness (QED) is 0.675. The molecule has 0 radical (unpaired) electrons. The highest BCUT2D eigenvalue weighted by Gasteiger charge is 2.21. The minimum atomic E-state index is -0.241. The van der Waals surface area contributed by atoms with Gasteiger partial charge in [-0.2, -0.15) is 4.37 Å². The van der Waals surface area contributed by atoms with Gasteiger partial charge in [0, 0.05) is 49.4 Å². The molecule has 0 aliphatic carbocycles. The van der Waals surface area contributed by atoms with Crippen LogP contribution in [0.15, 0.2) is 24.3 Å². The molecule has 0 aliphatic heterocycles. The van der Waals surface area contributed by atoms with Crippen molar-refractivity contribution in [2.75, 3.05) is 18.5 Å². The predicted molar refractivity (Wildman–Crippen MR) is 97.5 cm³/mol. The summed E-state index contributed by atoms with van der Waals surface area (Å²) in [7, 11) is 0. The van der Waals surface area contributed by atoms with Crippen molar-refractivity contribution in [3.05, 3.63) is 41.5 Å². The maximum Gasteiger partial charge on any atom is 0.202 e. The largest absolute Gasteiger partial charge is 0.396 e. The number of benzene rings is 1. The molecular formula is C18H24FN3O2S. The van der Waals surface area contributed by atoms with Crippen molar-refractivity contribution in [3.8, 4) is 0 Å². The molecule has 0 amide bonds. The summed E-state index contributed by atoms with van der Waals surface area (Å²) in [5.74, 6) is 0.537. The second kappa shape index (κ2) is 9.01. The SMILES string of the molecule is CC(C)(CNc1nc(CCC(=O)CCCO)ns1)c1ccc(F)cc1. The van der Waals surface area contributed by atoms with Crippen molar-refractivity contribution in [2.24, 2.45) is 0 Å². The Morgan fingerprint density at radius 1 is 1.28 bits per heavy atom. The van der Waals surface area contributed by atoms with Crippen LogP contribution in [0.25, 0.3) is 0 Å². The lowest BCUT2D eigenvalue weighted by Crippen LogP contribution is -2.27. The fraction of sp³-hybridized carbons (Fsp3) is 0.500. The van der Waals surface area contributed by atoms with Gasteiger partial charge in [0.15, 0.2) is 0 Å². The van der Waals surface area contributed by atoms with Gasteiger partial charge in [-0.15, -0.1) is 0 Å². The number of aryl methyl sites for hydroxylation is 1. The van der Waals surface area contributed by atoms with Gasteiger partial charge in [0.1, 0.15) is 17.4 Å². The molecule has 2 aromatic rings. The Hall–Kier alpha value is -1.86. The molecule has 5 nitrogen and oxygen atoms in total. The number of halogens is 1. The molecule has 1 aromatic carbocycles. The van der Waals surface area contributed by atoms with E-state index in [4.69, 9.17) is 5.11 Å². The van der Waals surface area contributed by atoms with E-state index in [1.165, 1.54) is 23.7 Å². The molecule has 1 aromatic heterocycles. The van der Waals surface area contributed by atoms with Crippen LogP contribution in [0.5, 0.6) is 0 Å². The predicted octanol–water partition coefficient (Wildman–Crippen LogP) is 3.34. The van der Waals surface area contributed by atoms with Crippen molar-refractivity contribution in [1.82, 2.24) is 9.36 Å². The Morgan fingerprint density at radius 3 is 2.68 bits per heavy atom. The number of ketones is 1. The van der Waals surface area contributed by atoms with Crippen LogP contribution in [0, 0.1) is 5.82 Å². The van der Waals surface area contributed by atoms with Gasteiger partial charge in [-0.3, -0.25) is 4.79 Å². The first-order valence-electron chi connectivity index (χ1n) is 8.36. The normalized spacial score (nSPS) is 11.5. The second-order valence-corrected chi connectivity index (χ2v) is 7.38. The van der Waals surface area contributed by atoms with E-state index < -0.39 is 0 Å². The average molecular weight is 365 g/mol. The van der Waals surface area contributed by atoms with Gasteiger partial charge < -0.3 is 10.4 Å². The average Bonchev–Trinajstić information content (AvgIpc) is 3.05. The van der Waals surface area contributed by atoms with Crippen molar-refractivity contribution in [2.45, 2.75) is 44.9 Å². The first kappa shape index (κ1) is 19.5. The zero-order chi connectivity index (χ0) is 18.3. The number of anilines is 1. The maximum absolute atomic E-state index is 13.1. The molecule has 25 heavy (non-hydrogen) atoms. The zero-order valence-electron chi connectivity index (χ0n) is 14.6. The Kier molecular flexibility index (Phi) is 7.01. The number of rotatable bonds is 10. The Morgan fingerprint density at radius 2 is 2.00 bits per heavy atom. The van der Waals surface area contributed by atoms with E-state index in [-0.39, 0.29) is 23.6 Å². The van der Waals surface area contributed by atoms with Gasteiger partial charge in [-0.05, 0) is 24.1 Å². The van der Waals surface area contributed by atoms with Gasteiger partial charge in [-0.25, -0.2) is 9.37 Å². The first-order valence-corrected chi connectivity index (χ1v) is 9.13. The van der Waals surface area contributed by atoms with E-state index in [0.29, 0.717) is 43.2 Å². The summed E-state index contributed by atoms with van der Waals surface area (Å²) in [4.78, 5) is 16.0. The molecule has 2 N–H and O–H groups in total. The van der Waals surface area contributed by atoms with Crippen LogP contribution >= 0.6 is 11.5 Å². The number of hydrogen-bond donors (Lipinski definition) is 2. The summed E-state index contributed by atoms with van der Waals surface area (Å²) >= 11 is 1.27. The van der Waals surface area contributed by atoms with Crippen molar-refractivity contribution >= 4 is 22.4 Å². The Labute approximate surface area is 151 Å². The molecule has 0 unspecified atom stereocenters. The maximum atomic E-state index is 13.1. The van der Waals surface area contributed by atoms with Crippen LogP contribution in [-0.4, -0.2) is 33.4 Å². The fourth-order valence-corrected chi connectivity index (χ4v) is 2.99. The van der Waals surface area contributed by atoms with Crippen molar-refractivity contribution < 1.29 is 14.3 Å². The number of Topliss-reactive ketones (excluding diaryl/α,β-unsaturated/α-hetero) is 1. The van der Waals surface area contributed by atoms with E-state index in [0.717, 1.165) is 5.56 Å². The zero-order valence-corrected chi connectivity index (χ0v) is 15.4. The number of nitrogens with zero attached hydrogens (tertiary/aromatic N) is 2. The molecule has 0 bridgehead atoms. The van der Waals surface area contributed by atoms with E-state index in [1.54, 1.807) is 12.1 Å². The molecule has 0 aliphatic rings. The van der Waals surface area contributed by atoms with Crippen LogP contribution in [0.2, 0.25) is 0 Å². The standard InChI is InChI=1S/C18H24FN3O2S/c1-18(2,13-5-7-14(19)8-6-13)12-20-17-21-16(22-25-17)10-9-15(24)4-3-11-23/h5-8,23H,3-4,9-12H2,1-2H3,(H,20,21,22). The highest BCUT2D eigenvalue weighted by Crippen LogP contribution is 2.24. The summed E-state index contributed by atoms with van der Waals surface area (Å²) in [6, 6.07) is 6.52. The summed E-state index contributed by atoms with van der Waals surface area (Å²) in [5.41, 5.74) is 0.861. The lowest BCUT2D eigenvalue weighted by Gasteiger charge is -2.25. The highest BCUT2D eigenvalue weighted by atomic mass is 32.1. The first-order chi connectivity index (χ1) is 11.9. The number of aliphatic hydroxyl groups is 1. The van der Waals surface area contributed by atoms with Crippen LogP contribution < -0.4 is 5.32 Å². The topological polar surface area (TPSA) is 75.1 Å². The fourth-order valence-electron chi connectivity index (χ4n) is 2.38. The molecular weight excluding hydrogens is 341 g/mol. The Bertz CT molecular complexity index is 686. The van der Waals surface area contributed by atoms with E-state index >= 15 is 0 Å².